The zero-order chi connectivity index (χ0) is 6.04. The Labute approximate surface area is 50.1 Å². The molecule has 0 unspecified atom stereocenters. The van der Waals surface area contributed by atoms with Crippen molar-refractivity contribution < 1.29 is 4.79 Å². The Balaban J connectivity index is 2.52. The van der Waals surface area contributed by atoms with Crippen molar-refractivity contribution >= 4 is 6.29 Å². The van der Waals surface area contributed by atoms with E-state index in [0.717, 1.165) is 12.8 Å². The molecule has 0 saturated heterocycles. The summed E-state index contributed by atoms with van der Waals surface area (Å²) in [6, 6.07) is 0. The third-order valence-electron chi connectivity index (χ3n) is 1.95. The molecule has 1 aliphatic carbocycles. The molecule has 0 aromatic rings. The van der Waals surface area contributed by atoms with Gasteiger partial charge in [-0.3, -0.25) is 4.79 Å². The third-order valence-corrected chi connectivity index (χ3v) is 1.95. The average molecular weight is 111 g/mol. The first-order valence-corrected chi connectivity index (χ1v) is 3.16. The molecule has 1 nitrogen and oxygen atoms in total. The van der Waals surface area contributed by atoms with Crippen molar-refractivity contribution in [2.45, 2.75) is 32.6 Å². The Morgan fingerprint density at radius 3 is 2.12 bits per heavy atom. The maximum Gasteiger partial charge on any atom is 0.204 e. The maximum absolute atomic E-state index is 10.2. The molecule has 0 aromatic carbocycles. The highest BCUT2D eigenvalue weighted by molar-refractivity contribution is 5.59. The van der Waals surface area contributed by atoms with Gasteiger partial charge in [-0.05, 0) is 12.8 Å². The lowest BCUT2D eigenvalue weighted by Crippen LogP contribution is -2.11. The molecule has 1 aliphatic rings. The fourth-order valence-corrected chi connectivity index (χ4v) is 1.26. The van der Waals surface area contributed by atoms with Crippen molar-refractivity contribution in [1.82, 2.24) is 0 Å². The highest BCUT2D eigenvalue weighted by Crippen LogP contribution is 2.34. The summed E-state index contributed by atoms with van der Waals surface area (Å²) in [5.74, 6) is 0. The van der Waals surface area contributed by atoms with Gasteiger partial charge in [-0.1, -0.05) is 19.8 Å². The summed E-state index contributed by atoms with van der Waals surface area (Å²) in [7, 11) is 0. The molecule has 0 aliphatic heterocycles. The predicted molar refractivity (Wildman–Crippen MR) is 32.3 cm³/mol. The molecule has 1 heteroatoms. The maximum atomic E-state index is 10.2. The quantitative estimate of drug-likeness (QED) is 0.503. The standard InChI is InChI=1S/C7H11O/c1-7(6-8)4-2-3-5-7/h2-5H2,1H3. The van der Waals surface area contributed by atoms with Crippen LogP contribution in [0.15, 0.2) is 0 Å². The smallest absolute Gasteiger partial charge is 0.204 e. The first-order chi connectivity index (χ1) is 3.77. The predicted octanol–water partition coefficient (Wildman–Crippen LogP) is 1.68. The van der Waals surface area contributed by atoms with E-state index in [0.29, 0.717) is 0 Å². The fraction of sp³-hybridized carbons (Fsp3) is 0.857. The molecule has 1 fully saturated rings. The van der Waals surface area contributed by atoms with Gasteiger partial charge in [0.25, 0.3) is 0 Å². The minimum absolute atomic E-state index is 0.0694. The van der Waals surface area contributed by atoms with Crippen LogP contribution in [0, 0.1) is 5.41 Å². The first-order valence-electron chi connectivity index (χ1n) is 3.16. The fourth-order valence-electron chi connectivity index (χ4n) is 1.26. The molecule has 0 bridgehead atoms. The van der Waals surface area contributed by atoms with Gasteiger partial charge < -0.3 is 0 Å². The Bertz CT molecular complexity index is 90.6. The van der Waals surface area contributed by atoms with E-state index >= 15 is 0 Å². The molecule has 8 heavy (non-hydrogen) atoms. The molecule has 0 heterocycles. The molecule has 0 aromatic heterocycles. The molecular formula is C7H11O. The monoisotopic (exact) mass is 111 g/mol. The van der Waals surface area contributed by atoms with Crippen LogP contribution >= 0.6 is 0 Å². The van der Waals surface area contributed by atoms with Crippen molar-refractivity contribution in [2.24, 2.45) is 5.41 Å². The summed E-state index contributed by atoms with van der Waals surface area (Å²) in [5, 5.41) is 0. The van der Waals surface area contributed by atoms with E-state index < -0.39 is 0 Å². The molecule has 0 atom stereocenters. The summed E-state index contributed by atoms with van der Waals surface area (Å²) < 4.78 is 0. The average Bonchev–Trinajstić information content (AvgIpc) is 2.17. The van der Waals surface area contributed by atoms with E-state index in [9.17, 15) is 4.79 Å². The van der Waals surface area contributed by atoms with Gasteiger partial charge in [0.15, 0.2) is 0 Å². The molecule has 0 N–H and O–H groups in total. The largest absolute Gasteiger partial charge is 0.290 e. The Morgan fingerprint density at radius 2 is 1.88 bits per heavy atom. The lowest BCUT2D eigenvalue weighted by atomic mass is 9.91. The van der Waals surface area contributed by atoms with Gasteiger partial charge >= 0.3 is 0 Å². The highest BCUT2D eigenvalue weighted by Gasteiger charge is 2.28. The van der Waals surface area contributed by atoms with Gasteiger partial charge in [0.2, 0.25) is 6.29 Å². The van der Waals surface area contributed by atoms with E-state index in [-0.39, 0.29) is 5.41 Å². The molecule has 0 spiro atoms. The van der Waals surface area contributed by atoms with E-state index in [4.69, 9.17) is 0 Å². The van der Waals surface area contributed by atoms with Crippen molar-refractivity contribution in [3.8, 4) is 0 Å². The number of rotatable bonds is 1. The Kier molecular flexibility index (Phi) is 1.37. The third kappa shape index (κ3) is 0.908. The van der Waals surface area contributed by atoms with Crippen molar-refractivity contribution in [3.05, 3.63) is 0 Å². The normalized spacial score (nSPS) is 25.6. The van der Waals surface area contributed by atoms with Crippen molar-refractivity contribution in [2.75, 3.05) is 0 Å². The topological polar surface area (TPSA) is 17.1 Å². The molecule has 1 saturated carbocycles. The summed E-state index contributed by atoms with van der Waals surface area (Å²) >= 11 is 0. The second kappa shape index (κ2) is 1.88. The molecule has 45 valence electrons. The van der Waals surface area contributed by atoms with Crippen LogP contribution in [0.4, 0.5) is 0 Å². The summed E-state index contributed by atoms with van der Waals surface area (Å²) in [6.07, 6.45) is 6.62. The summed E-state index contributed by atoms with van der Waals surface area (Å²) in [6.45, 7) is 1.99. The van der Waals surface area contributed by atoms with E-state index in [1.54, 1.807) is 0 Å². The summed E-state index contributed by atoms with van der Waals surface area (Å²) in [4.78, 5) is 10.2. The SMILES string of the molecule is CC1([C]=O)CCCC1. The van der Waals surface area contributed by atoms with Crippen LogP contribution < -0.4 is 0 Å². The van der Waals surface area contributed by atoms with Crippen molar-refractivity contribution in [1.29, 1.82) is 0 Å². The van der Waals surface area contributed by atoms with Gasteiger partial charge in [0, 0.05) is 5.41 Å². The lowest BCUT2D eigenvalue weighted by Gasteiger charge is -2.10. The van der Waals surface area contributed by atoms with Crippen LogP contribution in [0.5, 0.6) is 0 Å². The Morgan fingerprint density at radius 1 is 1.38 bits per heavy atom. The van der Waals surface area contributed by atoms with E-state index in [1.807, 2.05) is 6.92 Å². The zero-order valence-electron chi connectivity index (χ0n) is 5.24. The van der Waals surface area contributed by atoms with Crippen LogP contribution in [0.25, 0.3) is 0 Å². The van der Waals surface area contributed by atoms with E-state index in [1.165, 1.54) is 12.8 Å². The number of hydrogen-bond acceptors (Lipinski definition) is 1. The molecule has 1 radical (unpaired) electrons. The first kappa shape index (κ1) is 5.80. The zero-order valence-corrected chi connectivity index (χ0v) is 5.24. The van der Waals surface area contributed by atoms with Crippen LogP contribution in [0.1, 0.15) is 32.6 Å². The van der Waals surface area contributed by atoms with E-state index in [2.05, 4.69) is 6.29 Å². The summed E-state index contributed by atoms with van der Waals surface area (Å²) in [5.41, 5.74) is -0.0694. The minimum Gasteiger partial charge on any atom is -0.290 e. The van der Waals surface area contributed by atoms with Gasteiger partial charge in [0.1, 0.15) is 0 Å². The highest BCUT2D eigenvalue weighted by atomic mass is 16.1. The Hall–Kier alpha value is -0.330. The van der Waals surface area contributed by atoms with Gasteiger partial charge in [-0.25, -0.2) is 0 Å². The van der Waals surface area contributed by atoms with Crippen LogP contribution in [-0.2, 0) is 4.79 Å². The second-order valence-corrected chi connectivity index (χ2v) is 2.87. The van der Waals surface area contributed by atoms with Crippen LogP contribution in [-0.4, -0.2) is 6.29 Å². The van der Waals surface area contributed by atoms with Crippen LogP contribution in [0.2, 0.25) is 0 Å². The van der Waals surface area contributed by atoms with Crippen molar-refractivity contribution in [3.63, 3.8) is 0 Å². The van der Waals surface area contributed by atoms with Gasteiger partial charge in [-0.15, -0.1) is 0 Å². The number of hydrogen-bond donors (Lipinski definition) is 0. The minimum atomic E-state index is -0.0694. The second-order valence-electron chi connectivity index (χ2n) is 2.87. The molecule has 0 amide bonds. The molecule has 1 rings (SSSR count). The van der Waals surface area contributed by atoms with Crippen LogP contribution in [0.3, 0.4) is 0 Å². The number of carbonyl (C=O) groups excluding carboxylic acids is 1. The van der Waals surface area contributed by atoms with Gasteiger partial charge in [-0.2, -0.15) is 0 Å². The molecular weight excluding hydrogens is 100 g/mol. The van der Waals surface area contributed by atoms with Gasteiger partial charge in [0.05, 0.1) is 0 Å². The lowest BCUT2D eigenvalue weighted by molar-refractivity contribution is 0.429.